The number of ketones is 1. The highest BCUT2D eigenvalue weighted by molar-refractivity contribution is 6.32. The van der Waals surface area contributed by atoms with E-state index < -0.39 is 6.10 Å². The number of carbonyl (C=O) groups excluding carboxylic acids is 2. The minimum Gasteiger partial charge on any atom is -0.470 e. The summed E-state index contributed by atoms with van der Waals surface area (Å²) in [5.74, 6) is 0.986. The van der Waals surface area contributed by atoms with Crippen molar-refractivity contribution in [2.24, 2.45) is 0 Å². The number of amides is 1. The molecule has 30 heavy (non-hydrogen) atoms. The van der Waals surface area contributed by atoms with E-state index in [-0.39, 0.29) is 18.1 Å². The van der Waals surface area contributed by atoms with Crippen molar-refractivity contribution in [1.82, 2.24) is 9.97 Å². The average Bonchev–Trinajstić information content (AvgIpc) is 2.77. The number of fused-ring (bicyclic) bond motifs is 1. The van der Waals surface area contributed by atoms with Crippen LogP contribution in [0.15, 0.2) is 24.4 Å². The zero-order valence-corrected chi connectivity index (χ0v) is 17.8. The van der Waals surface area contributed by atoms with Gasteiger partial charge in [0.05, 0.1) is 11.9 Å². The second-order valence-corrected chi connectivity index (χ2v) is 7.84. The lowest BCUT2D eigenvalue weighted by atomic mass is 10.1. The van der Waals surface area contributed by atoms with Crippen LogP contribution in [0.3, 0.4) is 0 Å². The van der Waals surface area contributed by atoms with Gasteiger partial charge in [0.1, 0.15) is 10.8 Å². The Morgan fingerprint density at radius 3 is 2.80 bits per heavy atom. The summed E-state index contributed by atoms with van der Waals surface area (Å²) in [6.45, 7) is 3.57. The highest BCUT2D eigenvalue weighted by Crippen LogP contribution is 2.37. The zero-order valence-electron chi connectivity index (χ0n) is 17.0. The smallest absolute Gasteiger partial charge is 0.275 e. The molecule has 1 saturated heterocycles. The molecule has 158 valence electrons. The maximum absolute atomic E-state index is 12.4. The number of benzene rings is 1. The van der Waals surface area contributed by atoms with Crippen molar-refractivity contribution < 1.29 is 14.3 Å². The first-order chi connectivity index (χ1) is 14.5. The summed E-state index contributed by atoms with van der Waals surface area (Å²) in [5, 5.41) is 3.61. The molecule has 1 N–H and O–H groups in total. The first kappa shape index (κ1) is 20.4. The van der Waals surface area contributed by atoms with Crippen LogP contribution in [0.2, 0.25) is 5.02 Å². The molecule has 0 aliphatic carbocycles. The quantitative estimate of drug-likeness (QED) is 0.727. The standard InChI is InChI=1S/C21H24ClN5O3/c1-3-16(28)18-20(29)26(2)15-8-7-13(11-17(15)30-18)24-19-14(22)12-23-21(25-19)27-9-5-4-6-10-27/h7-8,11-12,18H,3-6,9-10H2,1-2H3,(H,23,24,25). The molecule has 1 fully saturated rings. The van der Waals surface area contributed by atoms with Crippen molar-refractivity contribution in [3.63, 3.8) is 0 Å². The fraction of sp³-hybridized carbons (Fsp3) is 0.429. The normalized spacial score (nSPS) is 18.6. The maximum atomic E-state index is 12.4. The summed E-state index contributed by atoms with van der Waals surface area (Å²) in [6, 6.07) is 5.32. The number of halogens is 1. The molecule has 3 heterocycles. The number of carbonyl (C=O) groups is 2. The van der Waals surface area contributed by atoms with Gasteiger partial charge >= 0.3 is 0 Å². The first-order valence-electron chi connectivity index (χ1n) is 10.1. The third-order valence-corrected chi connectivity index (χ3v) is 5.67. The summed E-state index contributed by atoms with van der Waals surface area (Å²) in [4.78, 5) is 37.1. The van der Waals surface area contributed by atoms with Crippen LogP contribution in [0.4, 0.5) is 23.1 Å². The van der Waals surface area contributed by atoms with Crippen molar-refractivity contribution in [3.8, 4) is 5.75 Å². The average molecular weight is 430 g/mol. The number of aromatic nitrogens is 2. The zero-order chi connectivity index (χ0) is 21.3. The predicted molar refractivity (Wildman–Crippen MR) is 116 cm³/mol. The van der Waals surface area contributed by atoms with Crippen molar-refractivity contribution in [2.75, 3.05) is 35.3 Å². The summed E-state index contributed by atoms with van der Waals surface area (Å²) in [6.07, 6.45) is 4.19. The molecule has 1 aromatic heterocycles. The van der Waals surface area contributed by atoms with Crippen molar-refractivity contribution in [1.29, 1.82) is 0 Å². The van der Waals surface area contributed by atoms with E-state index in [4.69, 9.17) is 16.3 Å². The number of rotatable bonds is 5. The van der Waals surface area contributed by atoms with Crippen molar-refractivity contribution in [3.05, 3.63) is 29.4 Å². The van der Waals surface area contributed by atoms with Gasteiger partial charge in [-0.2, -0.15) is 4.98 Å². The molecule has 0 bridgehead atoms. The van der Waals surface area contributed by atoms with Gasteiger partial charge in [-0.3, -0.25) is 9.59 Å². The molecule has 0 saturated carbocycles. The Hall–Kier alpha value is -2.87. The first-order valence-corrected chi connectivity index (χ1v) is 10.5. The molecular formula is C21H24ClN5O3. The van der Waals surface area contributed by atoms with E-state index in [2.05, 4.69) is 20.2 Å². The van der Waals surface area contributed by atoms with Gasteiger partial charge in [-0.05, 0) is 31.4 Å². The van der Waals surface area contributed by atoms with Crippen LogP contribution in [-0.2, 0) is 9.59 Å². The highest BCUT2D eigenvalue weighted by atomic mass is 35.5. The fourth-order valence-electron chi connectivity index (χ4n) is 3.65. The minimum absolute atomic E-state index is 0.230. The summed E-state index contributed by atoms with van der Waals surface area (Å²) in [7, 11) is 1.64. The van der Waals surface area contributed by atoms with Crippen LogP contribution < -0.4 is 19.9 Å². The lowest BCUT2D eigenvalue weighted by Crippen LogP contribution is -2.48. The Bertz CT molecular complexity index is 977. The highest BCUT2D eigenvalue weighted by Gasteiger charge is 2.36. The van der Waals surface area contributed by atoms with Gasteiger partial charge in [0, 0.05) is 38.3 Å². The Morgan fingerprint density at radius 1 is 1.30 bits per heavy atom. The maximum Gasteiger partial charge on any atom is 0.275 e. The Balaban J connectivity index is 1.59. The monoisotopic (exact) mass is 429 g/mol. The fourth-order valence-corrected chi connectivity index (χ4v) is 3.79. The lowest BCUT2D eigenvalue weighted by molar-refractivity contribution is -0.137. The second-order valence-electron chi connectivity index (χ2n) is 7.44. The van der Waals surface area contributed by atoms with Crippen LogP contribution in [0.5, 0.6) is 5.75 Å². The molecule has 1 amide bonds. The molecule has 1 unspecified atom stereocenters. The van der Waals surface area contributed by atoms with Gasteiger partial charge in [-0.25, -0.2) is 4.98 Å². The molecular weight excluding hydrogens is 406 g/mol. The van der Waals surface area contributed by atoms with E-state index in [1.54, 1.807) is 32.3 Å². The molecule has 0 spiro atoms. The Labute approximate surface area is 180 Å². The minimum atomic E-state index is -1.11. The van der Waals surface area contributed by atoms with E-state index in [1.807, 2.05) is 6.07 Å². The van der Waals surface area contributed by atoms with E-state index in [0.29, 0.717) is 33.9 Å². The van der Waals surface area contributed by atoms with Crippen molar-refractivity contribution >= 4 is 46.4 Å². The number of Topliss-reactive ketones (excluding diaryl/α,β-unsaturated/α-hetero) is 1. The van der Waals surface area contributed by atoms with Crippen LogP contribution in [0, 0.1) is 0 Å². The number of hydrogen-bond donors (Lipinski definition) is 1. The van der Waals surface area contributed by atoms with Gasteiger partial charge in [0.2, 0.25) is 12.1 Å². The van der Waals surface area contributed by atoms with Crippen LogP contribution in [-0.4, -0.2) is 47.9 Å². The third kappa shape index (κ3) is 3.92. The van der Waals surface area contributed by atoms with Crippen LogP contribution >= 0.6 is 11.6 Å². The molecule has 9 heteroatoms. The topological polar surface area (TPSA) is 87.7 Å². The summed E-state index contributed by atoms with van der Waals surface area (Å²) in [5.41, 5.74) is 1.29. The molecule has 2 aliphatic heterocycles. The molecule has 0 radical (unpaired) electrons. The van der Waals surface area contributed by atoms with Crippen molar-refractivity contribution in [2.45, 2.75) is 38.7 Å². The molecule has 2 aliphatic rings. The number of anilines is 4. The Morgan fingerprint density at radius 2 is 2.07 bits per heavy atom. The number of likely N-dealkylation sites (N-methyl/N-ethyl adjacent to an activating group) is 1. The van der Waals surface area contributed by atoms with Gasteiger partial charge in [0.15, 0.2) is 11.6 Å². The second kappa shape index (κ2) is 8.47. The largest absolute Gasteiger partial charge is 0.470 e. The van der Waals surface area contributed by atoms with Gasteiger partial charge in [-0.1, -0.05) is 18.5 Å². The van der Waals surface area contributed by atoms with Gasteiger partial charge in [-0.15, -0.1) is 0 Å². The van der Waals surface area contributed by atoms with E-state index in [0.717, 1.165) is 25.9 Å². The molecule has 1 atom stereocenters. The molecule has 2 aromatic rings. The predicted octanol–water partition coefficient (Wildman–Crippen LogP) is 3.57. The number of nitrogens with zero attached hydrogens (tertiary/aromatic N) is 4. The van der Waals surface area contributed by atoms with E-state index in [1.165, 1.54) is 11.3 Å². The SMILES string of the molecule is CCC(=O)C1Oc2cc(Nc3nc(N4CCCCC4)ncc3Cl)ccc2N(C)C1=O. The van der Waals surface area contributed by atoms with E-state index >= 15 is 0 Å². The third-order valence-electron chi connectivity index (χ3n) is 5.39. The van der Waals surface area contributed by atoms with Gasteiger partial charge in [0.25, 0.3) is 5.91 Å². The van der Waals surface area contributed by atoms with Crippen LogP contribution in [0.25, 0.3) is 0 Å². The molecule has 1 aromatic carbocycles. The molecule has 4 rings (SSSR count). The Kier molecular flexibility index (Phi) is 5.76. The van der Waals surface area contributed by atoms with E-state index in [9.17, 15) is 9.59 Å². The lowest BCUT2D eigenvalue weighted by Gasteiger charge is -2.31. The number of nitrogens with one attached hydrogen (secondary N) is 1. The molecule has 8 nitrogen and oxygen atoms in total. The van der Waals surface area contributed by atoms with Crippen LogP contribution in [0.1, 0.15) is 32.6 Å². The van der Waals surface area contributed by atoms with Gasteiger partial charge < -0.3 is 19.9 Å². The number of piperidine rings is 1. The summed E-state index contributed by atoms with van der Waals surface area (Å²) < 4.78 is 5.74. The summed E-state index contributed by atoms with van der Waals surface area (Å²) >= 11 is 6.32. The number of hydrogen-bond acceptors (Lipinski definition) is 7. The number of ether oxygens (including phenoxy) is 1.